The summed E-state index contributed by atoms with van der Waals surface area (Å²) in [4.78, 5) is 15.4. The average Bonchev–Trinajstić information content (AvgIpc) is 3.11. The van der Waals surface area contributed by atoms with Crippen molar-refractivity contribution in [3.8, 4) is 16.8 Å². The van der Waals surface area contributed by atoms with E-state index in [2.05, 4.69) is 4.98 Å². The van der Waals surface area contributed by atoms with E-state index in [0.29, 0.717) is 21.3 Å². The van der Waals surface area contributed by atoms with Crippen molar-refractivity contribution in [1.29, 1.82) is 5.26 Å². The topological polar surface area (TPSA) is 76.1 Å². The van der Waals surface area contributed by atoms with Crippen LogP contribution in [0.1, 0.15) is 18.8 Å². The third-order valence-electron chi connectivity index (χ3n) is 2.87. The van der Waals surface area contributed by atoms with Crippen molar-refractivity contribution in [3.63, 3.8) is 0 Å². The number of thiazole rings is 1. The van der Waals surface area contributed by atoms with Crippen molar-refractivity contribution in [2.45, 2.75) is 13.0 Å². The van der Waals surface area contributed by atoms with Crippen LogP contribution in [0.5, 0.6) is 0 Å². The first-order valence-corrected chi connectivity index (χ1v) is 7.50. The van der Waals surface area contributed by atoms with Crippen LogP contribution in [0.25, 0.3) is 21.0 Å². The number of halogens is 1. The number of fused-ring (bicyclic) bond motifs is 1. The monoisotopic (exact) mass is 332 g/mol. The molecule has 0 N–H and O–H groups in total. The predicted molar refractivity (Wildman–Crippen MR) is 82.5 cm³/mol. The zero-order valence-electron chi connectivity index (χ0n) is 11.4. The Morgan fingerprint density at radius 1 is 1.45 bits per heavy atom. The van der Waals surface area contributed by atoms with Crippen LogP contribution in [0, 0.1) is 11.3 Å². The molecule has 22 heavy (non-hydrogen) atoms. The number of hydrogen-bond donors (Lipinski definition) is 0. The minimum atomic E-state index is -1.07. The third kappa shape index (κ3) is 2.69. The number of rotatable bonds is 3. The Labute approximate surface area is 134 Å². The number of hydrogen-bond acceptors (Lipinski definition) is 6. The van der Waals surface area contributed by atoms with Gasteiger partial charge in [0.25, 0.3) is 0 Å². The molecule has 5 nitrogen and oxygen atoms in total. The number of ether oxygens (including phenoxy) is 1. The molecule has 0 saturated carbocycles. The van der Waals surface area contributed by atoms with Gasteiger partial charge < -0.3 is 9.15 Å². The molecular weight excluding hydrogens is 324 g/mol. The summed E-state index contributed by atoms with van der Waals surface area (Å²) >= 11 is 7.54. The summed E-state index contributed by atoms with van der Waals surface area (Å²) < 4.78 is 11.4. The van der Waals surface area contributed by atoms with Gasteiger partial charge in [0, 0.05) is 6.92 Å². The van der Waals surface area contributed by atoms with Gasteiger partial charge in [-0.05, 0) is 24.3 Å². The highest BCUT2D eigenvalue weighted by Gasteiger charge is 2.20. The number of carbonyl (C=O) groups excluding carboxylic acids is 1. The van der Waals surface area contributed by atoms with Gasteiger partial charge >= 0.3 is 5.97 Å². The first-order chi connectivity index (χ1) is 10.6. The molecule has 0 aliphatic rings. The average molecular weight is 333 g/mol. The smallest absolute Gasteiger partial charge is 0.304 e. The fourth-order valence-electron chi connectivity index (χ4n) is 1.94. The number of esters is 1. The first kappa shape index (κ1) is 14.6. The maximum Gasteiger partial charge on any atom is 0.304 e. The standard InChI is InChI=1S/C15H9ClN2O3S/c1-8(19)20-12(7-17)10-5-6-11(21-10)15-18-14-9(16)3-2-4-13(14)22-15/h2-6,12H,1H3/t12-/m1/s1. The van der Waals surface area contributed by atoms with Gasteiger partial charge in [-0.2, -0.15) is 5.26 Å². The number of carbonyl (C=O) groups is 1. The van der Waals surface area contributed by atoms with Crippen molar-refractivity contribution in [2.24, 2.45) is 0 Å². The van der Waals surface area contributed by atoms with Crippen LogP contribution >= 0.6 is 22.9 Å². The van der Waals surface area contributed by atoms with Crippen molar-refractivity contribution >= 4 is 39.1 Å². The SMILES string of the molecule is CC(=O)O[C@H](C#N)c1ccc(-c2nc3c(Cl)cccc3s2)o1. The molecule has 7 heteroatoms. The molecular formula is C15H9ClN2O3S. The van der Waals surface area contributed by atoms with Crippen molar-refractivity contribution in [1.82, 2.24) is 4.98 Å². The van der Waals surface area contributed by atoms with Gasteiger partial charge in [-0.3, -0.25) is 4.79 Å². The Morgan fingerprint density at radius 3 is 2.95 bits per heavy atom. The molecule has 0 spiro atoms. The number of benzene rings is 1. The lowest BCUT2D eigenvalue weighted by Gasteiger charge is -2.05. The van der Waals surface area contributed by atoms with E-state index in [0.717, 1.165) is 4.70 Å². The molecule has 2 heterocycles. The van der Waals surface area contributed by atoms with Crippen LogP contribution in [0.3, 0.4) is 0 Å². The van der Waals surface area contributed by atoms with Crippen LogP contribution in [-0.2, 0) is 9.53 Å². The quantitative estimate of drug-likeness (QED) is 0.667. The van der Waals surface area contributed by atoms with Crippen LogP contribution in [0.4, 0.5) is 0 Å². The van der Waals surface area contributed by atoms with Crippen LogP contribution in [-0.4, -0.2) is 11.0 Å². The lowest BCUT2D eigenvalue weighted by Crippen LogP contribution is -2.05. The molecule has 0 aliphatic carbocycles. The summed E-state index contributed by atoms with van der Waals surface area (Å²) in [6.45, 7) is 1.24. The van der Waals surface area contributed by atoms with Gasteiger partial charge in [0.1, 0.15) is 11.6 Å². The molecule has 0 amide bonds. The molecule has 1 aromatic carbocycles. The third-order valence-corrected chi connectivity index (χ3v) is 4.21. The Morgan fingerprint density at radius 2 is 2.27 bits per heavy atom. The lowest BCUT2D eigenvalue weighted by molar-refractivity contribution is -0.144. The number of para-hydroxylation sites is 1. The Hall–Kier alpha value is -2.36. The number of furan rings is 1. The molecule has 0 saturated heterocycles. The Kier molecular flexibility index (Phi) is 3.84. The zero-order chi connectivity index (χ0) is 15.7. The van der Waals surface area contributed by atoms with E-state index < -0.39 is 12.1 Å². The van der Waals surface area contributed by atoms with E-state index in [-0.39, 0.29) is 5.76 Å². The van der Waals surface area contributed by atoms with Gasteiger partial charge in [0.15, 0.2) is 16.5 Å². The highest BCUT2D eigenvalue weighted by molar-refractivity contribution is 7.21. The van der Waals surface area contributed by atoms with Gasteiger partial charge in [-0.1, -0.05) is 17.7 Å². The summed E-state index contributed by atoms with van der Waals surface area (Å²) in [5.41, 5.74) is 0.707. The number of nitrogens with zero attached hydrogens (tertiary/aromatic N) is 2. The minimum Gasteiger partial charge on any atom is -0.453 e. The Bertz CT molecular complexity index is 894. The van der Waals surface area contributed by atoms with Crippen LogP contribution in [0.15, 0.2) is 34.7 Å². The molecule has 1 atom stereocenters. The summed E-state index contributed by atoms with van der Waals surface area (Å²) in [5.74, 6) is 0.217. The highest BCUT2D eigenvalue weighted by Crippen LogP contribution is 2.35. The van der Waals surface area contributed by atoms with Crippen LogP contribution in [0.2, 0.25) is 5.02 Å². The normalized spacial score (nSPS) is 12.0. The van der Waals surface area contributed by atoms with E-state index in [1.54, 1.807) is 18.2 Å². The lowest BCUT2D eigenvalue weighted by atomic mass is 10.3. The maximum absolute atomic E-state index is 11.0. The van der Waals surface area contributed by atoms with E-state index in [1.165, 1.54) is 18.3 Å². The molecule has 110 valence electrons. The number of aromatic nitrogens is 1. The zero-order valence-corrected chi connectivity index (χ0v) is 12.9. The molecule has 0 fully saturated rings. The molecule has 0 bridgehead atoms. The van der Waals surface area contributed by atoms with E-state index in [9.17, 15) is 4.79 Å². The van der Waals surface area contributed by atoms with Crippen molar-refractivity contribution in [3.05, 3.63) is 41.1 Å². The summed E-state index contributed by atoms with van der Waals surface area (Å²) in [7, 11) is 0. The van der Waals surface area contributed by atoms with Crippen LogP contribution < -0.4 is 0 Å². The maximum atomic E-state index is 11.0. The molecule has 0 unspecified atom stereocenters. The van der Waals surface area contributed by atoms with E-state index >= 15 is 0 Å². The van der Waals surface area contributed by atoms with Gasteiger partial charge in [0.2, 0.25) is 6.10 Å². The molecule has 0 aliphatic heterocycles. The second kappa shape index (κ2) is 5.79. The molecule has 2 aromatic heterocycles. The number of nitriles is 1. The molecule has 3 rings (SSSR count). The summed E-state index contributed by atoms with van der Waals surface area (Å²) in [5, 5.41) is 10.3. The van der Waals surface area contributed by atoms with Gasteiger partial charge in [-0.15, -0.1) is 11.3 Å². The summed E-state index contributed by atoms with van der Waals surface area (Å²) in [6.07, 6.45) is -1.07. The summed E-state index contributed by atoms with van der Waals surface area (Å²) in [6, 6.07) is 10.7. The van der Waals surface area contributed by atoms with Gasteiger partial charge in [0.05, 0.1) is 9.72 Å². The van der Waals surface area contributed by atoms with Gasteiger partial charge in [-0.25, -0.2) is 4.98 Å². The first-order valence-electron chi connectivity index (χ1n) is 6.30. The second-order valence-electron chi connectivity index (χ2n) is 4.43. The highest BCUT2D eigenvalue weighted by atomic mass is 35.5. The van der Waals surface area contributed by atoms with E-state index in [4.69, 9.17) is 26.0 Å². The molecule has 0 radical (unpaired) electrons. The second-order valence-corrected chi connectivity index (χ2v) is 5.86. The fraction of sp³-hybridized carbons (Fsp3) is 0.133. The largest absolute Gasteiger partial charge is 0.453 e. The Balaban J connectivity index is 1.97. The molecule has 3 aromatic rings. The minimum absolute atomic E-state index is 0.262. The van der Waals surface area contributed by atoms with E-state index in [1.807, 2.05) is 18.2 Å². The van der Waals surface area contributed by atoms with Crippen molar-refractivity contribution in [2.75, 3.05) is 0 Å². The fourth-order valence-corrected chi connectivity index (χ4v) is 3.17. The predicted octanol–water partition coefficient (Wildman–Crippen LogP) is 4.34. The van der Waals surface area contributed by atoms with Crippen molar-refractivity contribution < 1.29 is 13.9 Å².